The summed E-state index contributed by atoms with van der Waals surface area (Å²) in [7, 11) is 0. The van der Waals surface area contributed by atoms with Gasteiger partial charge in [-0.1, -0.05) is 42.5 Å². The number of H-pyrrole nitrogens is 1. The molecule has 0 saturated heterocycles. The van der Waals surface area contributed by atoms with Gasteiger partial charge in [0.25, 0.3) is 17.4 Å². The molecule has 0 bridgehead atoms. The number of nitrogens with one attached hydrogen (secondary N) is 1. The van der Waals surface area contributed by atoms with Crippen LogP contribution in [0, 0.1) is 6.92 Å². The number of amides is 2. The summed E-state index contributed by atoms with van der Waals surface area (Å²) < 4.78 is 5.32. The number of aromatic amines is 1. The van der Waals surface area contributed by atoms with E-state index in [-0.39, 0.29) is 41.2 Å². The van der Waals surface area contributed by atoms with E-state index in [0.717, 1.165) is 16.0 Å². The van der Waals surface area contributed by atoms with Crippen LogP contribution in [0.4, 0.5) is 0 Å². The summed E-state index contributed by atoms with van der Waals surface area (Å²) in [6.45, 7) is 1.74. The third kappa shape index (κ3) is 3.75. The number of carbonyl (C=O) groups is 3. The summed E-state index contributed by atoms with van der Waals surface area (Å²) in [5.74, 6) is -1.36. The van der Waals surface area contributed by atoms with Crippen molar-refractivity contribution in [2.24, 2.45) is 0 Å². The van der Waals surface area contributed by atoms with Crippen molar-refractivity contribution in [1.29, 1.82) is 0 Å². The topological polar surface area (TPSA) is 109 Å². The van der Waals surface area contributed by atoms with Crippen LogP contribution < -0.4 is 5.56 Å². The van der Waals surface area contributed by atoms with Crippen molar-refractivity contribution < 1.29 is 19.1 Å². The van der Waals surface area contributed by atoms with Crippen molar-refractivity contribution in [2.75, 3.05) is 0 Å². The molecule has 8 heteroatoms. The summed E-state index contributed by atoms with van der Waals surface area (Å²) >= 11 is 0. The van der Waals surface area contributed by atoms with Gasteiger partial charge in [-0.15, -0.1) is 0 Å². The largest absolute Gasteiger partial charge is 0.454 e. The van der Waals surface area contributed by atoms with Gasteiger partial charge in [0.2, 0.25) is 0 Å². The fraction of sp³-hybridized carbons (Fsp3) is 0.115. The molecule has 0 saturated carbocycles. The van der Waals surface area contributed by atoms with Gasteiger partial charge >= 0.3 is 5.97 Å². The zero-order chi connectivity index (χ0) is 23.8. The maximum Gasteiger partial charge on any atom is 0.338 e. The zero-order valence-corrected chi connectivity index (χ0v) is 18.2. The van der Waals surface area contributed by atoms with Gasteiger partial charge in [0.1, 0.15) is 12.4 Å². The molecule has 34 heavy (non-hydrogen) atoms. The molecule has 3 aromatic carbocycles. The van der Waals surface area contributed by atoms with Gasteiger partial charge in [-0.3, -0.25) is 19.3 Å². The van der Waals surface area contributed by atoms with E-state index in [2.05, 4.69) is 9.97 Å². The highest BCUT2D eigenvalue weighted by Crippen LogP contribution is 2.26. The fourth-order valence-corrected chi connectivity index (χ4v) is 3.96. The van der Waals surface area contributed by atoms with E-state index in [1.165, 1.54) is 18.2 Å². The molecule has 2 amide bonds. The van der Waals surface area contributed by atoms with Crippen molar-refractivity contribution in [3.8, 4) is 0 Å². The Balaban J connectivity index is 1.34. The molecule has 1 aliphatic rings. The lowest BCUT2D eigenvalue weighted by molar-refractivity contribution is 0.0462. The monoisotopic (exact) mass is 453 g/mol. The average molecular weight is 453 g/mol. The van der Waals surface area contributed by atoms with Crippen molar-refractivity contribution >= 4 is 28.7 Å². The third-order valence-electron chi connectivity index (χ3n) is 5.72. The number of imide groups is 1. The Morgan fingerprint density at radius 3 is 2.50 bits per heavy atom. The number of nitrogens with zero attached hydrogens (tertiary/aromatic N) is 2. The molecule has 2 heterocycles. The molecule has 0 atom stereocenters. The standard InChI is InChI=1S/C26H19N3O5/c1-15-6-5-9-19-22(15)27-21(28-23(19)30)14-34-26(33)17-10-11-18-20(12-17)25(32)29(24(18)31)13-16-7-3-2-4-8-16/h2-12H,13-14H2,1H3,(H,27,28,30). The van der Waals surface area contributed by atoms with Crippen molar-refractivity contribution in [3.63, 3.8) is 0 Å². The fourth-order valence-electron chi connectivity index (χ4n) is 3.96. The van der Waals surface area contributed by atoms with Gasteiger partial charge in [-0.2, -0.15) is 0 Å². The number of para-hydroxylation sites is 1. The van der Waals surface area contributed by atoms with E-state index < -0.39 is 17.8 Å². The van der Waals surface area contributed by atoms with Crippen LogP contribution in [0.5, 0.6) is 0 Å². The minimum absolute atomic E-state index is 0.126. The second kappa shape index (κ2) is 8.40. The summed E-state index contributed by atoms with van der Waals surface area (Å²) in [5.41, 5.74) is 2.40. The number of carbonyl (C=O) groups excluding carboxylic acids is 3. The Bertz CT molecular complexity index is 1520. The summed E-state index contributed by atoms with van der Waals surface area (Å²) in [6, 6.07) is 18.7. The predicted octanol–water partition coefficient (Wildman–Crippen LogP) is 3.38. The van der Waals surface area contributed by atoms with Crippen LogP contribution in [0.2, 0.25) is 0 Å². The minimum Gasteiger partial charge on any atom is -0.454 e. The summed E-state index contributed by atoms with van der Waals surface area (Å²) in [5, 5.41) is 0.455. The normalized spacial score (nSPS) is 12.8. The second-order valence-corrected chi connectivity index (χ2v) is 8.00. The first kappa shape index (κ1) is 21.3. The number of esters is 1. The third-order valence-corrected chi connectivity index (χ3v) is 5.72. The lowest BCUT2D eigenvalue weighted by Gasteiger charge is -2.13. The van der Waals surface area contributed by atoms with Crippen molar-refractivity contribution in [3.05, 3.63) is 111 Å². The number of aryl methyl sites for hydroxylation is 1. The maximum atomic E-state index is 12.9. The van der Waals surface area contributed by atoms with E-state index in [4.69, 9.17) is 4.74 Å². The molecule has 0 fully saturated rings. The van der Waals surface area contributed by atoms with Crippen LogP contribution in [0.15, 0.2) is 71.5 Å². The van der Waals surface area contributed by atoms with Gasteiger partial charge in [0.15, 0.2) is 0 Å². The van der Waals surface area contributed by atoms with Crippen molar-refractivity contribution in [1.82, 2.24) is 14.9 Å². The summed E-state index contributed by atoms with van der Waals surface area (Å²) in [4.78, 5) is 58.7. The van der Waals surface area contributed by atoms with Crippen molar-refractivity contribution in [2.45, 2.75) is 20.1 Å². The molecule has 8 nitrogen and oxygen atoms in total. The lowest BCUT2D eigenvalue weighted by atomic mass is 10.1. The zero-order valence-electron chi connectivity index (χ0n) is 18.2. The molecular weight excluding hydrogens is 434 g/mol. The van der Waals surface area contributed by atoms with Crippen LogP contribution in [0.1, 0.15) is 48.0 Å². The van der Waals surface area contributed by atoms with E-state index in [1.54, 1.807) is 12.1 Å². The van der Waals surface area contributed by atoms with Gasteiger partial charge in [0.05, 0.1) is 34.1 Å². The summed E-state index contributed by atoms with van der Waals surface area (Å²) in [6.07, 6.45) is 0. The Kier molecular flexibility index (Phi) is 5.25. The number of hydrogen-bond acceptors (Lipinski definition) is 6. The number of rotatable bonds is 5. The van der Waals surface area contributed by atoms with Crippen LogP contribution in [-0.4, -0.2) is 32.7 Å². The van der Waals surface area contributed by atoms with Crippen LogP contribution in [0.3, 0.4) is 0 Å². The SMILES string of the molecule is Cc1cccc2c(=O)[nH]c(COC(=O)c3ccc4c(c3)C(=O)N(Cc3ccccc3)C4=O)nc12. The molecule has 1 aliphatic heterocycles. The van der Waals surface area contributed by atoms with E-state index in [0.29, 0.717) is 10.9 Å². The molecule has 0 unspecified atom stereocenters. The van der Waals surface area contributed by atoms with E-state index >= 15 is 0 Å². The number of fused-ring (bicyclic) bond motifs is 2. The van der Waals surface area contributed by atoms with Crippen LogP contribution in [-0.2, 0) is 17.9 Å². The van der Waals surface area contributed by atoms with Crippen LogP contribution in [0.25, 0.3) is 10.9 Å². The van der Waals surface area contributed by atoms with E-state index in [9.17, 15) is 19.2 Å². The van der Waals surface area contributed by atoms with Gasteiger partial charge in [0, 0.05) is 0 Å². The first-order valence-corrected chi connectivity index (χ1v) is 10.6. The molecule has 1 aromatic heterocycles. The Morgan fingerprint density at radius 1 is 0.941 bits per heavy atom. The number of aromatic nitrogens is 2. The smallest absolute Gasteiger partial charge is 0.338 e. The van der Waals surface area contributed by atoms with Gasteiger partial charge in [-0.05, 0) is 42.3 Å². The number of hydrogen-bond donors (Lipinski definition) is 1. The Morgan fingerprint density at radius 2 is 1.71 bits per heavy atom. The van der Waals surface area contributed by atoms with Gasteiger partial charge in [-0.25, -0.2) is 9.78 Å². The lowest BCUT2D eigenvalue weighted by Crippen LogP contribution is -2.29. The quantitative estimate of drug-likeness (QED) is 0.367. The maximum absolute atomic E-state index is 12.9. The minimum atomic E-state index is -0.697. The Hall–Kier alpha value is -4.59. The molecule has 168 valence electrons. The average Bonchev–Trinajstić information content (AvgIpc) is 3.08. The number of ether oxygens (including phenoxy) is 1. The predicted molar refractivity (Wildman–Crippen MR) is 123 cm³/mol. The highest BCUT2D eigenvalue weighted by atomic mass is 16.5. The molecule has 0 spiro atoms. The van der Waals surface area contributed by atoms with Crippen LogP contribution >= 0.6 is 0 Å². The molecule has 0 aliphatic carbocycles. The van der Waals surface area contributed by atoms with E-state index in [1.807, 2.05) is 43.3 Å². The molecular formula is C26H19N3O5. The van der Waals surface area contributed by atoms with Gasteiger partial charge < -0.3 is 9.72 Å². The number of benzene rings is 3. The first-order chi connectivity index (χ1) is 16.4. The second-order valence-electron chi connectivity index (χ2n) is 8.00. The molecule has 4 aromatic rings. The molecule has 0 radical (unpaired) electrons. The highest BCUT2D eigenvalue weighted by molar-refractivity contribution is 6.21. The molecule has 1 N–H and O–H groups in total. The first-order valence-electron chi connectivity index (χ1n) is 10.6. The highest BCUT2D eigenvalue weighted by Gasteiger charge is 2.36. The Labute approximate surface area is 193 Å². The molecule has 5 rings (SSSR count).